The van der Waals surface area contributed by atoms with Gasteiger partial charge in [-0.3, -0.25) is 14.5 Å². The second-order valence-corrected chi connectivity index (χ2v) is 7.76. The summed E-state index contributed by atoms with van der Waals surface area (Å²) < 4.78 is 5.47. The van der Waals surface area contributed by atoms with Crippen LogP contribution < -0.4 is 15.5 Å². The highest BCUT2D eigenvalue weighted by atomic mass is 35.5. The van der Waals surface area contributed by atoms with Crippen molar-refractivity contribution < 1.29 is 14.3 Å². The monoisotopic (exact) mass is 430 g/mol. The van der Waals surface area contributed by atoms with Crippen LogP contribution >= 0.6 is 11.6 Å². The molecular weight excluding hydrogens is 404 g/mol. The molecule has 160 valence electrons. The van der Waals surface area contributed by atoms with Gasteiger partial charge >= 0.3 is 11.8 Å². The Bertz CT molecular complexity index is 850. The number of halogens is 1. The third-order valence-electron chi connectivity index (χ3n) is 5.04. The Balaban J connectivity index is 1.65. The van der Waals surface area contributed by atoms with E-state index in [1.165, 1.54) is 0 Å². The average molecular weight is 431 g/mol. The Hall–Kier alpha value is -2.61. The summed E-state index contributed by atoms with van der Waals surface area (Å²) in [5, 5.41) is 5.92. The lowest BCUT2D eigenvalue weighted by Crippen LogP contribution is -2.45. The second kappa shape index (κ2) is 10.4. The summed E-state index contributed by atoms with van der Waals surface area (Å²) in [6.07, 6.45) is 0. The van der Waals surface area contributed by atoms with Crippen LogP contribution in [-0.4, -0.2) is 63.7 Å². The summed E-state index contributed by atoms with van der Waals surface area (Å²) in [5.41, 5.74) is 2.70. The number of hydrogen-bond donors (Lipinski definition) is 2. The first-order valence-electron chi connectivity index (χ1n) is 9.88. The van der Waals surface area contributed by atoms with Gasteiger partial charge in [-0.1, -0.05) is 23.7 Å². The van der Waals surface area contributed by atoms with Crippen LogP contribution in [0.2, 0.25) is 5.02 Å². The van der Waals surface area contributed by atoms with Crippen LogP contribution in [0.25, 0.3) is 0 Å². The van der Waals surface area contributed by atoms with Gasteiger partial charge < -0.3 is 20.3 Å². The van der Waals surface area contributed by atoms with Gasteiger partial charge in [0.2, 0.25) is 0 Å². The predicted molar refractivity (Wildman–Crippen MR) is 119 cm³/mol. The minimum absolute atomic E-state index is 0.0441. The van der Waals surface area contributed by atoms with Crippen LogP contribution in [0, 0.1) is 0 Å². The highest BCUT2D eigenvalue weighted by Gasteiger charge is 2.24. The van der Waals surface area contributed by atoms with Crippen LogP contribution in [-0.2, 0) is 14.3 Å². The summed E-state index contributed by atoms with van der Waals surface area (Å²) in [6, 6.07) is 14.8. The Kier molecular flexibility index (Phi) is 7.68. The fourth-order valence-electron chi connectivity index (χ4n) is 3.33. The molecule has 1 fully saturated rings. The molecule has 7 nitrogen and oxygen atoms in total. The molecule has 2 aromatic carbocycles. The van der Waals surface area contributed by atoms with Crippen molar-refractivity contribution >= 4 is 34.8 Å². The third kappa shape index (κ3) is 5.95. The summed E-state index contributed by atoms with van der Waals surface area (Å²) in [5.74, 6) is -1.38. The zero-order valence-corrected chi connectivity index (χ0v) is 18.0. The number of benzene rings is 2. The van der Waals surface area contributed by atoms with Crippen molar-refractivity contribution in [3.63, 3.8) is 0 Å². The maximum absolute atomic E-state index is 12.4. The largest absolute Gasteiger partial charge is 0.379 e. The van der Waals surface area contributed by atoms with Crippen molar-refractivity contribution in [3.05, 3.63) is 59.1 Å². The molecule has 2 N–H and O–H groups in total. The van der Waals surface area contributed by atoms with E-state index in [9.17, 15) is 9.59 Å². The molecule has 1 unspecified atom stereocenters. The van der Waals surface area contributed by atoms with Crippen LogP contribution in [0.4, 0.5) is 11.4 Å². The zero-order valence-electron chi connectivity index (χ0n) is 17.2. The number of nitrogens with one attached hydrogen (secondary N) is 2. The lowest BCUT2D eigenvalue weighted by molar-refractivity contribution is -0.136. The Morgan fingerprint density at radius 1 is 1.03 bits per heavy atom. The summed E-state index contributed by atoms with van der Waals surface area (Å²) in [4.78, 5) is 28.9. The molecule has 30 heavy (non-hydrogen) atoms. The van der Waals surface area contributed by atoms with Crippen LogP contribution in [0.15, 0.2) is 48.5 Å². The summed E-state index contributed by atoms with van der Waals surface area (Å²) >= 11 is 5.85. The molecule has 0 spiro atoms. The molecule has 0 saturated carbocycles. The fourth-order valence-corrected chi connectivity index (χ4v) is 3.46. The lowest BCUT2D eigenvalue weighted by Gasteiger charge is -2.35. The van der Waals surface area contributed by atoms with Crippen molar-refractivity contribution in [2.24, 2.45) is 0 Å². The fraction of sp³-hybridized carbons (Fsp3) is 0.364. The number of carbonyl (C=O) groups excluding carboxylic acids is 2. The van der Waals surface area contributed by atoms with Crippen molar-refractivity contribution in [1.29, 1.82) is 0 Å². The number of amides is 2. The number of ether oxygens (including phenoxy) is 1. The molecular formula is C22H27ClN4O3. The van der Waals surface area contributed by atoms with Gasteiger partial charge in [-0.15, -0.1) is 0 Å². The van der Waals surface area contributed by atoms with Gasteiger partial charge in [0.05, 0.1) is 19.3 Å². The lowest BCUT2D eigenvalue weighted by atomic mass is 10.0. The molecule has 2 aromatic rings. The molecule has 2 amide bonds. The molecule has 1 aliphatic heterocycles. The smallest absolute Gasteiger partial charge is 0.313 e. The van der Waals surface area contributed by atoms with Gasteiger partial charge in [-0.2, -0.15) is 0 Å². The summed E-state index contributed by atoms with van der Waals surface area (Å²) in [7, 11) is 3.99. The third-order valence-corrected chi connectivity index (χ3v) is 5.30. The predicted octanol–water partition coefficient (Wildman–Crippen LogP) is 2.53. The topological polar surface area (TPSA) is 73.9 Å². The van der Waals surface area contributed by atoms with E-state index in [1.54, 1.807) is 24.3 Å². The quantitative estimate of drug-likeness (QED) is 0.689. The molecule has 1 heterocycles. The van der Waals surface area contributed by atoms with E-state index < -0.39 is 11.8 Å². The van der Waals surface area contributed by atoms with Crippen LogP contribution in [0.5, 0.6) is 0 Å². The molecule has 0 aromatic heterocycles. The molecule has 0 bridgehead atoms. The van der Waals surface area contributed by atoms with Crippen molar-refractivity contribution in [3.8, 4) is 0 Å². The molecule has 8 heteroatoms. The Labute approximate surface area is 181 Å². The highest BCUT2D eigenvalue weighted by Crippen LogP contribution is 2.24. The molecule has 0 aliphatic carbocycles. The highest BCUT2D eigenvalue weighted by molar-refractivity contribution is 6.39. The van der Waals surface area contributed by atoms with E-state index in [0.29, 0.717) is 30.5 Å². The average Bonchev–Trinajstić information content (AvgIpc) is 2.76. The standard InChI is InChI=1S/C22H27ClN4O3/c1-26(2)19-9-3-16(4-10-19)20(27-11-13-30-14-12-27)15-24-21(28)22(29)25-18-7-5-17(23)6-8-18/h3-10,20H,11-15H2,1-2H3,(H,24,28)(H,25,29). The number of rotatable bonds is 6. The Morgan fingerprint density at radius 3 is 2.27 bits per heavy atom. The second-order valence-electron chi connectivity index (χ2n) is 7.32. The molecule has 1 saturated heterocycles. The molecule has 1 atom stereocenters. The van der Waals surface area contributed by atoms with Crippen molar-refractivity contribution in [2.45, 2.75) is 6.04 Å². The Morgan fingerprint density at radius 2 is 1.67 bits per heavy atom. The van der Waals surface area contributed by atoms with E-state index in [1.807, 2.05) is 19.0 Å². The van der Waals surface area contributed by atoms with Gasteiger partial charge in [0.15, 0.2) is 0 Å². The normalized spacial score (nSPS) is 15.3. The minimum Gasteiger partial charge on any atom is -0.379 e. The number of nitrogens with zero attached hydrogens (tertiary/aromatic N) is 2. The SMILES string of the molecule is CN(C)c1ccc(C(CNC(=O)C(=O)Nc2ccc(Cl)cc2)N2CCOCC2)cc1. The molecule has 3 rings (SSSR count). The zero-order chi connectivity index (χ0) is 21.5. The first-order valence-corrected chi connectivity index (χ1v) is 10.3. The van der Waals surface area contributed by atoms with Crippen molar-refractivity contribution in [1.82, 2.24) is 10.2 Å². The van der Waals surface area contributed by atoms with Crippen LogP contribution in [0.3, 0.4) is 0 Å². The van der Waals surface area contributed by atoms with Gasteiger partial charge in [-0.05, 0) is 42.0 Å². The van der Waals surface area contributed by atoms with E-state index >= 15 is 0 Å². The first kappa shape index (κ1) is 22.1. The maximum Gasteiger partial charge on any atom is 0.313 e. The van der Waals surface area contributed by atoms with Gasteiger partial charge in [-0.25, -0.2) is 0 Å². The maximum atomic E-state index is 12.4. The molecule has 0 radical (unpaired) electrons. The van der Waals surface area contributed by atoms with Gasteiger partial charge in [0.1, 0.15) is 0 Å². The van der Waals surface area contributed by atoms with Crippen LogP contribution in [0.1, 0.15) is 11.6 Å². The van der Waals surface area contributed by atoms with E-state index in [-0.39, 0.29) is 6.04 Å². The minimum atomic E-state index is -0.707. The number of anilines is 2. The van der Waals surface area contributed by atoms with E-state index in [2.05, 4.69) is 39.8 Å². The van der Waals surface area contributed by atoms with E-state index in [0.717, 1.165) is 24.3 Å². The number of carbonyl (C=O) groups is 2. The summed E-state index contributed by atoms with van der Waals surface area (Å²) in [6.45, 7) is 3.17. The van der Waals surface area contributed by atoms with E-state index in [4.69, 9.17) is 16.3 Å². The number of morpholine rings is 1. The molecule has 1 aliphatic rings. The van der Waals surface area contributed by atoms with Crippen molar-refractivity contribution in [2.75, 3.05) is 57.2 Å². The van der Waals surface area contributed by atoms with Gasteiger partial charge in [0.25, 0.3) is 0 Å². The first-order chi connectivity index (χ1) is 14.4. The van der Waals surface area contributed by atoms with Gasteiger partial charge in [0, 0.05) is 50.1 Å². The number of hydrogen-bond acceptors (Lipinski definition) is 5.